The molecule has 2 aromatic carbocycles. The monoisotopic (exact) mass is 545 g/mol. The van der Waals surface area contributed by atoms with Crippen molar-refractivity contribution in [2.75, 3.05) is 24.3 Å². The minimum Gasteiger partial charge on any atom is -0.485 e. The van der Waals surface area contributed by atoms with Crippen LogP contribution < -0.4 is 15.8 Å². The summed E-state index contributed by atoms with van der Waals surface area (Å²) in [5.74, 6) is 1.27. The second-order valence-corrected chi connectivity index (χ2v) is 10.7. The Hall–Kier alpha value is -4.12. The second-order valence-electron chi connectivity index (χ2n) is 10.7. The van der Waals surface area contributed by atoms with E-state index in [9.17, 15) is 4.79 Å². The van der Waals surface area contributed by atoms with E-state index in [4.69, 9.17) is 19.9 Å². The van der Waals surface area contributed by atoms with E-state index in [-0.39, 0.29) is 18.8 Å². The molecule has 0 unspecified atom stereocenters. The molecule has 1 saturated carbocycles. The molecule has 0 spiro atoms. The summed E-state index contributed by atoms with van der Waals surface area (Å²) < 4.78 is 19.1. The number of fused-ring (bicyclic) bond motifs is 1. The van der Waals surface area contributed by atoms with Crippen LogP contribution in [-0.2, 0) is 16.1 Å². The number of ether oxygens (including phenoxy) is 3. The fourth-order valence-corrected chi connectivity index (χ4v) is 5.33. The van der Waals surface area contributed by atoms with E-state index in [0.717, 1.165) is 72.5 Å². The highest BCUT2D eigenvalue weighted by molar-refractivity contribution is 6.01. The maximum Gasteiger partial charge on any atom is 0.411 e. The Bertz CT molecular complexity index is 1480. The molecule has 0 atom stereocenters. The molecule has 2 fully saturated rings. The molecule has 3 N–H and O–H groups in total. The highest BCUT2D eigenvalue weighted by atomic mass is 16.6. The number of rotatable bonds is 8. The summed E-state index contributed by atoms with van der Waals surface area (Å²) in [5.41, 5.74) is 11.2. The molecular formula is C29H35N7O4. The van der Waals surface area contributed by atoms with E-state index < -0.39 is 6.09 Å². The highest BCUT2D eigenvalue weighted by Gasteiger charge is 2.27. The molecule has 11 nitrogen and oxygen atoms in total. The van der Waals surface area contributed by atoms with Crippen LogP contribution in [0.3, 0.4) is 0 Å². The number of hydrogen-bond donors (Lipinski definition) is 2. The van der Waals surface area contributed by atoms with Gasteiger partial charge in [-0.3, -0.25) is 5.32 Å². The van der Waals surface area contributed by atoms with Crippen LogP contribution in [0.25, 0.3) is 22.2 Å². The second kappa shape index (κ2) is 11.2. The van der Waals surface area contributed by atoms with Gasteiger partial charge in [0.15, 0.2) is 6.61 Å². The first-order valence-corrected chi connectivity index (χ1v) is 14.0. The fraction of sp³-hybridized carbons (Fsp3) is 0.448. The lowest BCUT2D eigenvalue weighted by Crippen LogP contribution is -2.21. The van der Waals surface area contributed by atoms with Crippen molar-refractivity contribution in [2.24, 2.45) is 0 Å². The van der Waals surface area contributed by atoms with Crippen LogP contribution >= 0.6 is 0 Å². The van der Waals surface area contributed by atoms with Gasteiger partial charge >= 0.3 is 6.09 Å². The van der Waals surface area contributed by atoms with E-state index in [1.54, 1.807) is 4.80 Å². The van der Waals surface area contributed by atoms with Crippen LogP contribution in [0.1, 0.15) is 63.9 Å². The Kier molecular flexibility index (Phi) is 7.29. The number of aromatic nitrogens is 5. The number of nitrogens with one attached hydrogen (secondary N) is 1. The molecular weight excluding hydrogens is 510 g/mol. The normalized spacial score (nSPS) is 16.3. The van der Waals surface area contributed by atoms with Gasteiger partial charge in [0.2, 0.25) is 5.82 Å². The highest BCUT2D eigenvalue weighted by Crippen LogP contribution is 2.45. The van der Waals surface area contributed by atoms with Gasteiger partial charge < -0.3 is 24.5 Å². The molecule has 40 heavy (non-hydrogen) atoms. The van der Waals surface area contributed by atoms with Crippen molar-refractivity contribution in [3.05, 3.63) is 48.3 Å². The zero-order valence-electron chi connectivity index (χ0n) is 22.9. The zero-order chi connectivity index (χ0) is 27.6. The predicted octanol–water partition coefficient (Wildman–Crippen LogP) is 5.49. The largest absolute Gasteiger partial charge is 0.485 e. The van der Waals surface area contributed by atoms with Crippen molar-refractivity contribution in [3.8, 4) is 17.0 Å². The summed E-state index contributed by atoms with van der Waals surface area (Å²) >= 11 is 0. The Morgan fingerprint density at radius 3 is 2.58 bits per heavy atom. The van der Waals surface area contributed by atoms with Gasteiger partial charge in [0.25, 0.3) is 0 Å². The topological polar surface area (TPSA) is 131 Å². The van der Waals surface area contributed by atoms with Crippen molar-refractivity contribution in [1.82, 2.24) is 24.8 Å². The molecule has 2 aliphatic rings. The quantitative estimate of drug-likeness (QED) is 0.297. The molecule has 3 heterocycles. The van der Waals surface area contributed by atoms with Crippen LogP contribution in [0.2, 0.25) is 0 Å². The average molecular weight is 546 g/mol. The van der Waals surface area contributed by atoms with Crippen molar-refractivity contribution < 1.29 is 19.0 Å². The van der Waals surface area contributed by atoms with Gasteiger partial charge in [-0.15, -0.1) is 10.2 Å². The van der Waals surface area contributed by atoms with Gasteiger partial charge in [0, 0.05) is 42.0 Å². The van der Waals surface area contributed by atoms with Gasteiger partial charge in [-0.2, -0.15) is 4.80 Å². The lowest BCUT2D eigenvalue weighted by Gasteiger charge is -2.30. The van der Waals surface area contributed by atoms with Gasteiger partial charge in [-0.1, -0.05) is 12.1 Å². The van der Waals surface area contributed by atoms with E-state index in [1.807, 2.05) is 56.3 Å². The van der Waals surface area contributed by atoms with Gasteiger partial charge in [0.1, 0.15) is 5.75 Å². The predicted molar refractivity (Wildman–Crippen MR) is 151 cm³/mol. The molecule has 0 radical (unpaired) electrons. The van der Waals surface area contributed by atoms with Crippen LogP contribution in [-0.4, -0.2) is 50.2 Å². The number of benzene rings is 2. The molecule has 2 aromatic heterocycles. The molecule has 1 amide bonds. The lowest BCUT2D eigenvalue weighted by atomic mass is 9.92. The summed E-state index contributed by atoms with van der Waals surface area (Å²) in [6.07, 6.45) is 4.50. The minimum atomic E-state index is -0.472. The first-order valence-electron chi connectivity index (χ1n) is 14.0. The number of anilines is 2. The molecule has 0 bridgehead atoms. The molecule has 210 valence electrons. The number of nitrogen functional groups attached to an aromatic ring is 1. The van der Waals surface area contributed by atoms with Gasteiger partial charge in [0.05, 0.1) is 29.0 Å². The van der Waals surface area contributed by atoms with Crippen molar-refractivity contribution >= 4 is 28.4 Å². The van der Waals surface area contributed by atoms with Gasteiger partial charge in [-0.25, -0.2) is 4.79 Å². The first kappa shape index (κ1) is 26.1. The summed E-state index contributed by atoms with van der Waals surface area (Å²) in [6, 6.07) is 14.3. The van der Waals surface area contributed by atoms with E-state index in [2.05, 4.69) is 25.3 Å². The standard InChI is InChI=1S/C29H35N7O4/c1-18(2)40-29(37)31-20-8-6-19(7-9-20)28-27(30)24-11-10-23(16-25(24)35(28)21-4-3-5-21)39-17-26-32-34-36(33-26)22-12-14-38-15-13-22/h6-11,16,18,21-22H,3-5,12-15,17,30H2,1-2H3,(H,31,37). The summed E-state index contributed by atoms with van der Waals surface area (Å²) in [7, 11) is 0. The Morgan fingerprint density at radius 2 is 1.88 bits per heavy atom. The Balaban J connectivity index is 1.24. The maximum absolute atomic E-state index is 12.0. The molecule has 4 aromatic rings. The maximum atomic E-state index is 12.0. The summed E-state index contributed by atoms with van der Waals surface area (Å²) in [6.45, 7) is 5.30. The number of amides is 1. The van der Waals surface area contributed by atoms with Crippen molar-refractivity contribution in [3.63, 3.8) is 0 Å². The van der Waals surface area contributed by atoms with Crippen LogP contribution in [0.15, 0.2) is 42.5 Å². The van der Waals surface area contributed by atoms with Crippen LogP contribution in [0.5, 0.6) is 5.75 Å². The third-order valence-corrected chi connectivity index (χ3v) is 7.56. The summed E-state index contributed by atoms with van der Waals surface area (Å²) in [5, 5.41) is 16.7. The average Bonchev–Trinajstić information content (AvgIpc) is 3.50. The fourth-order valence-electron chi connectivity index (χ4n) is 5.33. The Morgan fingerprint density at radius 1 is 1.10 bits per heavy atom. The SMILES string of the molecule is CC(C)OC(=O)Nc1ccc(-c2c(N)c3ccc(OCc4nnn(C5CCOCC5)n4)cc3n2C2CCC2)cc1. The number of carbonyl (C=O) groups is 1. The molecule has 1 saturated heterocycles. The molecule has 1 aliphatic carbocycles. The first-order chi connectivity index (χ1) is 19.5. The molecule has 1 aliphatic heterocycles. The van der Waals surface area contributed by atoms with E-state index >= 15 is 0 Å². The minimum absolute atomic E-state index is 0.187. The smallest absolute Gasteiger partial charge is 0.411 e. The third kappa shape index (κ3) is 5.33. The molecule has 6 rings (SSSR count). The molecule has 11 heteroatoms. The number of hydrogen-bond acceptors (Lipinski definition) is 8. The van der Waals surface area contributed by atoms with Crippen molar-refractivity contribution in [1.29, 1.82) is 0 Å². The van der Waals surface area contributed by atoms with Crippen molar-refractivity contribution in [2.45, 2.75) is 70.7 Å². The summed E-state index contributed by atoms with van der Waals surface area (Å²) in [4.78, 5) is 13.7. The van der Waals surface area contributed by atoms with E-state index in [1.165, 1.54) is 6.42 Å². The number of tetrazole rings is 1. The number of carbonyl (C=O) groups excluding carboxylic acids is 1. The van der Waals surface area contributed by atoms with Crippen LogP contribution in [0.4, 0.5) is 16.2 Å². The van der Waals surface area contributed by atoms with Crippen LogP contribution in [0, 0.1) is 0 Å². The third-order valence-electron chi connectivity index (χ3n) is 7.56. The lowest BCUT2D eigenvalue weighted by molar-refractivity contribution is 0.0614. The number of nitrogens with two attached hydrogens (primary N) is 1. The number of nitrogens with zero attached hydrogens (tertiary/aromatic N) is 5. The van der Waals surface area contributed by atoms with E-state index in [0.29, 0.717) is 17.6 Å². The Labute approximate surface area is 232 Å². The van der Waals surface area contributed by atoms with Gasteiger partial charge in [-0.05, 0) is 75.4 Å². The zero-order valence-corrected chi connectivity index (χ0v) is 22.9.